The minimum Gasteiger partial charge on any atom is -0.272 e. The summed E-state index contributed by atoms with van der Waals surface area (Å²) in [6.45, 7) is 1.88. The largest absolute Gasteiger partial charge is 0.272 e. The van der Waals surface area contributed by atoms with Gasteiger partial charge in [0.15, 0.2) is 0 Å². The summed E-state index contributed by atoms with van der Waals surface area (Å²) in [5.74, 6) is 0.852. The summed E-state index contributed by atoms with van der Waals surface area (Å²) >= 11 is 19.9. The molecule has 2 bridgehead atoms. The number of hydrogen-bond donors (Lipinski definition) is 3. The van der Waals surface area contributed by atoms with Crippen molar-refractivity contribution in [2.45, 2.75) is 57.3 Å². The van der Waals surface area contributed by atoms with Crippen LogP contribution in [0.25, 0.3) is 0 Å². The van der Waals surface area contributed by atoms with Gasteiger partial charge < -0.3 is 0 Å². The van der Waals surface area contributed by atoms with Crippen molar-refractivity contribution in [1.82, 2.24) is 16.6 Å². The molecule has 3 N–H and O–H groups in total. The quantitative estimate of drug-likeness (QED) is 0.132. The van der Waals surface area contributed by atoms with Gasteiger partial charge in [-0.2, -0.15) is 16.6 Å². The molecular formula is C33H34Ar3Cl3F3IN3O3. The molecule has 0 radical (unpaired) electrons. The zero-order valence-corrected chi connectivity index (χ0v) is 32.7. The number of nitrogens with one attached hydrogen (secondary N) is 3. The third kappa shape index (κ3) is 13.8. The van der Waals surface area contributed by atoms with Gasteiger partial charge in [0.25, 0.3) is 17.7 Å². The van der Waals surface area contributed by atoms with Crippen LogP contribution in [0.15, 0.2) is 54.6 Å². The van der Waals surface area contributed by atoms with Crippen LogP contribution in [0, 0.1) is 132 Å². The summed E-state index contributed by atoms with van der Waals surface area (Å²) in [4.78, 5) is 34.6. The van der Waals surface area contributed by atoms with Crippen molar-refractivity contribution in [3.8, 4) is 0 Å². The molecule has 3 amide bonds. The topological polar surface area (TPSA) is 87.3 Å². The molecule has 2 fully saturated rings. The van der Waals surface area contributed by atoms with E-state index in [2.05, 4.69) is 28.7 Å². The van der Waals surface area contributed by atoms with E-state index in [1.807, 2.05) is 24.0 Å². The van der Waals surface area contributed by atoms with E-state index in [0.29, 0.717) is 38.0 Å². The van der Waals surface area contributed by atoms with Crippen LogP contribution in [0.1, 0.15) is 64.5 Å². The molecule has 3 aliphatic rings. The molecule has 6 nitrogen and oxygen atoms in total. The number of rotatable bonds is 6. The number of benzene rings is 3. The van der Waals surface area contributed by atoms with Gasteiger partial charge in [0.2, 0.25) is 0 Å². The fourth-order valence-electron chi connectivity index (χ4n) is 6.67. The van der Waals surface area contributed by atoms with Crippen molar-refractivity contribution in [3.63, 3.8) is 0 Å². The normalized spacial score (nSPS) is 18.1. The molecule has 272 valence electrons. The monoisotopic (exact) mass is 929 g/mol. The Morgan fingerprint density at radius 1 is 0.694 bits per heavy atom. The Morgan fingerprint density at radius 3 is 1.76 bits per heavy atom. The zero-order valence-electron chi connectivity index (χ0n) is 26.2. The molecule has 49 heavy (non-hydrogen) atoms. The van der Waals surface area contributed by atoms with Gasteiger partial charge in [-0.25, -0.2) is 0 Å². The predicted octanol–water partition coefficient (Wildman–Crippen LogP) is 8.62. The zero-order chi connectivity index (χ0) is 34.0. The van der Waals surface area contributed by atoms with E-state index < -0.39 is 17.7 Å². The number of fused-ring (bicyclic) bond motifs is 8. The van der Waals surface area contributed by atoms with Crippen LogP contribution in [0.3, 0.4) is 0 Å². The Bertz CT molecular complexity index is 1560. The van der Waals surface area contributed by atoms with Gasteiger partial charge >= 0.3 is 0 Å². The van der Waals surface area contributed by atoms with E-state index in [1.165, 1.54) is 35.9 Å². The molecule has 2 saturated carbocycles. The average Bonchev–Trinajstić information content (AvgIpc) is 3.63. The van der Waals surface area contributed by atoms with Gasteiger partial charge in [-0.3, -0.25) is 14.4 Å². The molecular weight excluding hydrogens is 896 g/mol. The Labute approximate surface area is 403 Å². The van der Waals surface area contributed by atoms with E-state index in [-0.39, 0.29) is 132 Å². The van der Waals surface area contributed by atoms with Gasteiger partial charge in [0, 0.05) is 128 Å². The molecule has 0 aromatic heterocycles. The van der Waals surface area contributed by atoms with Crippen LogP contribution in [0.4, 0.5) is 13.4 Å². The standard InChI is InChI=1S/C15H15ClFNO.C9H9ClFNO.C8H7ClFNO.CH3I.3Ar/c16-11-4-3-9-13-7-1-2-8(5-7)14(13)15(9)10(11)6-12(19)18-17;1-6-2-3-8(10)7(4-6)5-9(13)12-11;9-7-4-2-1-3-6(7)5-8(12)11-10;1-2;;;/h3-4,7-8,13-14H,1-2,5-6H2,(H,18,19);2-4H,5H2,1H3,(H,12,13);1-4H,5H2,(H,11,12);1H3;;;. The summed E-state index contributed by atoms with van der Waals surface area (Å²) in [6, 6.07) is 16.1. The van der Waals surface area contributed by atoms with Crippen LogP contribution >= 0.6 is 57.4 Å². The van der Waals surface area contributed by atoms with Crippen LogP contribution in [-0.2, 0) is 33.6 Å². The van der Waals surface area contributed by atoms with Crippen molar-refractivity contribution >= 4 is 75.1 Å². The van der Waals surface area contributed by atoms with E-state index in [9.17, 15) is 27.8 Å². The van der Waals surface area contributed by atoms with Gasteiger partial charge in [-0.1, -0.05) is 99.4 Å². The summed E-state index contributed by atoms with van der Waals surface area (Å²) < 4.78 is 35.5. The fraction of sp³-hybridized carbons (Fsp3) is 0.364. The Morgan fingerprint density at radius 2 is 1.18 bits per heavy atom. The molecule has 0 aliphatic heterocycles. The molecule has 0 saturated heterocycles. The number of carbonyl (C=O) groups excluding carboxylic acids is 3. The Balaban J connectivity index is 0.000000691. The van der Waals surface area contributed by atoms with Crippen molar-refractivity contribution < 1.29 is 141 Å². The van der Waals surface area contributed by atoms with E-state index >= 15 is 0 Å². The molecule has 0 heterocycles. The summed E-state index contributed by atoms with van der Waals surface area (Å²) in [5, 5.41) is 1.55. The summed E-state index contributed by atoms with van der Waals surface area (Å²) in [5.41, 5.74) is 9.03. The van der Waals surface area contributed by atoms with Crippen LogP contribution < -0.4 is 16.6 Å². The molecule has 16 heteroatoms. The van der Waals surface area contributed by atoms with Gasteiger partial charge in [0.1, 0.15) is 0 Å². The first-order valence-corrected chi connectivity index (χ1v) is 17.7. The summed E-state index contributed by atoms with van der Waals surface area (Å²) in [6.07, 6.45) is 3.95. The SMILES string of the molecule is CI.Cc1ccc(Cl)c(CC(=O)NF)c1.O=C(Cc1c(Cl)ccc2c1C1C3CCC(C3)C21)NF.O=C(Cc1ccccc1Cl)NF.[Ar].[Ar].[Ar]. The molecule has 4 unspecified atom stereocenters. The molecule has 3 aliphatic carbocycles. The molecule has 0 spiro atoms. The van der Waals surface area contributed by atoms with Gasteiger partial charge in [-0.15, -0.1) is 13.4 Å². The third-order valence-corrected chi connectivity index (χ3v) is 9.55. The predicted molar refractivity (Wildman–Crippen MR) is 184 cm³/mol. The number of carbonyl (C=O) groups is 3. The van der Waals surface area contributed by atoms with Crippen molar-refractivity contribution in [3.05, 3.63) is 103 Å². The second-order valence-corrected chi connectivity index (χ2v) is 12.4. The van der Waals surface area contributed by atoms with E-state index in [1.54, 1.807) is 36.4 Å². The van der Waals surface area contributed by atoms with Crippen LogP contribution in [-0.4, -0.2) is 22.7 Å². The minimum absolute atomic E-state index is 0. The average molecular weight is 931 g/mol. The van der Waals surface area contributed by atoms with E-state index in [4.69, 9.17) is 34.8 Å². The summed E-state index contributed by atoms with van der Waals surface area (Å²) in [7, 11) is 0. The van der Waals surface area contributed by atoms with Gasteiger partial charge in [0.05, 0.1) is 19.3 Å². The fourth-order valence-corrected chi connectivity index (χ4v) is 7.28. The van der Waals surface area contributed by atoms with Crippen LogP contribution in [0.2, 0.25) is 15.1 Å². The number of amides is 3. The van der Waals surface area contributed by atoms with Crippen molar-refractivity contribution in [2.75, 3.05) is 4.93 Å². The number of aryl methyl sites for hydroxylation is 1. The Kier molecular flexibility index (Phi) is 26.0. The number of hydrogen-bond acceptors (Lipinski definition) is 3. The molecule has 6 rings (SSSR count). The smallest absolute Gasteiger partial charge is 0.252 e. The van der Waals surface area contributed by atoms with Crippen molar-refractivity contribution in [2.24, 2.45) is 11.8 Å². The maximum atomic E-state index is 12.2. The molecule has 4 atom stereocenters. The molecule has 3 aromatic rings. The first-order chi connectivity index (χ1) is 22.1. The second-order valence-electron chi connectivity index (χ2n) is 11.2. The van der Waals surface area contributed by atoms with Crippen molar-refractivity contribution in [1.29, 1.82) is 0 Å². The Hall–Kier alpha value is 1.24. The maximum absolute atomic E-state index is 12.2. The number of alkyl halides is 1. The first kappa shape index (κ1) is 50.2. The van der Waals surface area contributed by atoms with Crippen LogP contribution in [0.5, 0.6) is 0 Å². The van der Waals surface area contributed by atoms with E-state index in [0.717, 1.165) is 34.0 Å². The van der Waals surface area contributed by atoms with Gasteiger partial charge in [-0.05, 0) is 101 Å². The minimum atomic E-state index is -0.692. The first-order valence-electron chi connectivity index (χ1n) is 14.4. The molecule has 3 aromatic carbocycles. The second kappa shape index (κ2) is 25.3. The third-order valence-electron chi connectivity index (χ3n) is 8.46. The number of halogens is 7. The maximum Gasteiger partial charge on any atom is 0.252 e.